The Bertz CT molecular complexity index is 954. The molecule has 4 fully saturated rings. The monoisotopic (exact) mass is 543 g/mol. The largest absolute Gasteiger partial charge is 0.355 e. The van der Waals surface area contributed by atoms with Crippen LogP contribution < -0.4 is 5.32 Å². The molecule has 0 aromatic carbocycles. The van der Waals surface area contributed by atoms with Gasteiger partial charge in [-0.2, -0.15) is 10.5 Å². The molecule has 4 saturated carbocycles. The quantitative estimate of drug-likeness (QED) is 0.263. The third kappa shape index (κ3) is 4.07. The van der Waals surface area contributed by atoms with E-state index in [1.807, 2.05) is 0 Å². The summed E-state index contributed by atoms with van der Waals surface area (Å²) in [5.41, 5.74) is 1.86. The molecule has 1 aliphatic heterocycles. The van der Waals surface area contributed by atoms with Gasteiger partial charge < -0.3 is 5.32 Å². The van der Waals surface area contributed by atoms with Crippen LogP contribution in [0.2, 0.25) is 0 Å². The molecule has 4 aliphatic carbocycles. The number of carbonyl (C=O) groups excluding carboxylic acids is 1. The molecule has 10 atom stereocenters. The standard InChI is InChI=1S/C35H61NOS/c1-10-11-21-36-30(37)23-38-22-20-33(7)27(31(38,4)5)16-19-35(9)29(33)13-12-28-32(6)17-14-25(24(2)3)26(32)15-18-34(28,35)8/h22,24-29H,10-21,23H2,1-9H3,(H,36,37)/t25-,26+,27+,28-,29-,32+,33+,34-,35-,38?/m1/s1. The topological polar surface area (TPSA) is 29.1 Å². The Hall–Kier alpha value is -0.310. The molecule has 218 valence electrons. The molecular formula is C35H61NOS. The Kier molecular flexibility index (Phi) is 7.61. The van der Waals surface area contributed by atoms with Gasteiger partial charge in [0.15, 0.2) is 0 Å². The Morgan fingerprint density at radius 1 is 0.868 bits per heavy atom. The van der Waals surface area contributed by atoms with Gasteiger partial charge in [-0.05, 0) is 121 Å². The number of nitrogens with one attached hydrogen (secondary N) is 1. The van der Waals surface area contributed by atoms with Crippen molar-refractivity contribution in [1.82, 2.24) is 5.32 Å². The fourth-order valence-electron chi connectivity index (χ4n) is 12.3. The molecular weight excluding hydrogens is 482 g/mol. The molecule has 38 heavy (non-hydrogen) atoms. The molecule has 1 heterocycles. The molecule has 5 aliphatic rings. The lowest BCUT2D eigenvalue weighted by molar-refractivity contribution is -0.224. The average molecular weight is 544 g/mol. The number of hydrogen-bond acceptors (Lipinski definition) is 1. The third-order valence-corrected chi connectivity index (χ3v) is 17.3. The molecule has 0 aromatic rings. The molecule has 0 aromatic heterocycles. The number of fused-ring (bicyclic) bond motifs is 7. The normalized spacial score (nSPS) is 49.3. The first-order valence-corrected chi connectivity index (χ1v) is 18.0. The van der Waals surface area contributed by atoms with Gasteiger partial charge in [-0.15, -0.1) is 0 Å². The van der Waals surface area contributed by atoms with Crippen molar-refractivity contribution in [2.75, 3.05) is 12.3 Å². The highest BCUT2D eigenvalue weighted by Gasteiger charge is 2.70. The molecule has 0 saturated heterocycles. The maximum atomic E-state index is 12.9. The van der Waals surface area contributed by atoms with Crippen LogP contribution in [0.5, 0.6) is 0 Å². The first kappa shape index (κ1) is 29.2. The van der Waals surface area contributed by atoms with Gasteiger partial charge in [0.2, 0.25) is 5.91 Å². The Morgan fingerprint density at radius 3 is 2.13 bits per heavy atom. The minimum absolute atomic E-state index is 0.0651. The average Bonchev–Trinajstić information content (AvgIpc) is 3.19. The zero-order valence-electron chi connectivity index (χ0n) is 26.6. The smallest absolute Gasteiger partial charge is 0.229 e. The van der Waals surface area contributed by atoms with E-state index in [2.05, 4.69) is 73.0 Å². The lowest BCUT2D eigenvalue weighted by Crippen LogP contribution is -2.66. The zero-order valence-corrected chi connectivity index (χ0v) is 27.4. The Balaban J connectivity index is 1.41. The van der Waals surface area contributed by atoms with E-state index in [-0.39, 0.29) is 21.1 Å². The van der Waals surface area contributed by atoms with Gasteiger partial charge in [-0.1, -0.05) is 74.1 Å². The second-order valence-electron chi connectivity index (χ2n) is 16.5. The summed E-state index contributed by atoms with van der Waals surface area (Å²) in [5.74, 6) is 6.20. The van der Waals surface area contributed by atoms with Gasteiger partial charge in [-0.3, -0.25) is 4.79 Å². The second-order valence-corrected chi connectivity index (χ2v) is 19.0. The van der Waals surface area contributed by atoms with E-state index < -0.39 is 0 Å². The van der Waals surface area contributed by atoms with Crippen LogP contribution in [0.4, 0.5) is 0 Å². The lowest BCUT2D eigenvalue weighted by atomic mass is 9.33. The van der Waals surface area contributed by atoms with Crippen LogP contribution in [0.15, 0.2) is 0 Å². The molecule has 3 heteroatoms. The highest BCUT2D eigenvalue weighted by Crippen LogP contribution is 2.77. The summed E-state index contributed by atoms with van der Waals surface area (Å²) >= 11 is 0. The number of rotatable bonds is 6. The minimum Gasteiger partial charge on any atom is -0.355 e. The first-order chi connectivity index (χ1) is 17.8. The van der Waals surface area contributed by atoms with E-state index in [9.17, 15) is 4.79 Å². The van der Waals surface area contributed by atoms with Crippen molar-refractivity contribution in [2.24, 2.45) is 57.2 Å². The highest BCUT2D eigenvalue weighted by atomic mass is 32.2. The highest BCUT2D eigenvalue weighted by molar-refractivity contribution is 8.16. The Morgan fingerprint density at radius 2 is 1.50 bits per heavy atom. The van der Waals surface area contributed by atoms with Gasteiger partial charge in [0.25, 0.3) is 0 Å². The van der Waals surface area contributed by atoms with Crippen LogP contribution in [0.25, 0.3) is 0 Å². The third-order valence-electron chi connectivity index (χ3n) is 14.5. The summed E-state index contributed by atoms with van der Waals surface area (Å²) in [6.45, 7) is 24.1. The van der Waals surface area contributed by atoms with Crippen LogP contribution in [0.3, 0.4) is 0 Å². The summed E-state index contributed by atoms with van der Waals surface area (Å²) in [4.78, 5) is 12.9. The van der Waals surface area contributed by atoms with E-state index in [0.717, 1.165) is 54.9 Å². The second kappa shape index (κ2) is 9.90. The van der Waals surface area contributed by atoms with E-state index in [4.69, 9.17) is 0 Å². The van der Waals surface area contributed by atoms with Crippen molar-refractivity contribution in [2.45, 2.75) is 138 Å². The molecule has 1 unspecified atom stereocenters. The number of carbonyl (C=O) groups is 1. The summed E-state index contributed by atoms with van der Waals surface area (Å²) in [6, 6.07) is 0. The predicted octanol–water partition coefficient (Wildman–Crippen LogP) is 9.09. The lowest BCUT2D eigenvalue weighted by Gasteiger charge is -2.73. The van der Waals surface area contributed by atoms with Crippen LogP contribution >= 0.6 is 10.5 Å². The number of unbranched alkanes of at least 4 members (excludes halogenated alkanes) is 1. The number of amides is 1. The summed E-state index contributed by atoms with van der Waals surface area (Å²) < 4.78 is 0.216. The van der Waals surface area contributed by atoms with Crippen molar-refractivity contribution < 1.29 is 4.79 Å². The molecule has 0 radical (unpaired) electrons. The van der Waals surface area contributed by atoms with Crippen molar-refractivity contribution in [3.63, 3.8) is 0 Å². The van der Waals surface area contributed by atoms with Crippen molar-refractivity contribution in [1.29, 1.82) is 0 Å². The fraction of sp³-hybridized carbons (Fsp3) is 0.943. The molecule has 2 nitrogen and oxygen atoms in total. The first-order valence-electron chi connectivity index (χ1n) is 16.6. The predicted molar refractivity (Wildman–Crippen MR) is 167 cm³/mol. The van der Waals surface area contributed by atoms with Crippen molar-refractivity contribution >= 4 is 21.8 Å². The fourth-order valence-corrected chi connectivity index (χ4v) is 15.0. The van der Waals surface area contributed by atoms with Crippen LogP contribution in [0, 0.1) is 57.2 Å². The SMILES string of the molecule is CCCCNC(=O)CS1=CC[C@]2(C)[C@H]3CC[C@@H]4[C@@]5(C)CC[C@H](C(C)C)[C@@H]5CC[C@@]4(C)[C@]3(C)CC[C@H]2C1(C)C. The van der Waals surface area contributed by atoms with Crippen molar-refractivity contribution in [3.05, 3.63) is 0 Å². The number of hydrogen-bond donors (Lipinski definition) is 1. The minimum atomic E-state index is 0.0651. The summed E-state index contributed by atoms with van der Waals surface area (Å²) in [7, 11) is 0.0651. The molecule has 1 amide bonds. The molecule has 0 spiro atoms. The van der Waals surface area contributed by atoms with E-state index >= 15 is 0 Å². The van der Waals surface area contributed by atoms with E-state index in [1.54, 1.807) is 0 Å². The molecule has 5 rings (SSSR count). The maximum absolute atomic E-state index is 12.9. The van der Waals surface area contributed by atoms with E-state index in [1.165, 1.54) is 57.8 Å². The van der Waals surface area contributed by atoms with Crippen LogP contribution in [0.1, 0.15) is 133 Å². The van der Waals surface area contributed by atoms with Gasteiger partial charge in [-0.25, -0.2) is 0 Å². The summed E-state index contributed by atoms with van der Waals surface area (Å²) in [6.07, 6.45) is 15.0. The van der Waals surface area contributed by atoms with Crippen LogP contribution in [-0.2, 0) is 4.79 Å². The van der Waals surface area contributed by atoms with Gasteiger partial charge in [0.05, 0.1) is 5.75 Å². The summed E-state index contributed by atoms with van der Waals surface area (Å²) in [5, 5.41) is 5.87. The molecule has 1 N–H and O–H groups in total. The van der Waals surface area contributed by atoms with Gasteiger partial charge in [0.1, 0.15) is 0 Å². The zero-order chi connectivity index (χ0) is 27.7. The van der Waals surface area contributed by atoms with Crippen molar-refractivity contribution in [3.8, 4) is 0 Å². The van der Waals surface area contributed by atoms with Gasteiger partial charge >= 0.3 is 0 Å². The Labute approximate surface area is 238 Å². The van der Waals surface area contributed by atoms with Gasteiger partial charge in [0, 0.05) is 11.3 Å². The molecule has 0 bridgehead atoms. The maximum Gasteiger partial charge on any atom is 0.229 e. The van der Waals surface area contributed by atoms with Crippen LogP contribution in [-0.4, -0.2) is 28.3 Å². The van der Waals surface area contributed by atoms with E-state index in [0.29, 0.717) is 27.4 Å².